The van der Waals surface area contributed by atoms with E-state index in [0.717, 1.165) is 10.0 Å². The van der Waals surface area contributed by atoms with E-state index in [2.05, 4.69) is 15.9 Å². The molecular weight excluding hydrogens is 380 g/mol. The highest BCUT2D eigenvalue weighted by Crippen LogP contribution is 2.44. The fourth-order valence-electron chi connectivity index (χ4n) is 2.78. The van der Waals surface area contributed by atoms with Crippen LogP contribution >= 0.6 is 15.9 Å². The molecule has 2 N–H and O–H groups in total. The maximum absolute atomic E-state index is 9.81. The Hall–Kier alpha value is -1.02. The second kappa shape index (κ2) is 10.1. The van der Waals surface area contributed by atoms with Crippen molar-refractivity contribution < 1.29 is 29.2 Å². The van der Waals surface area contributed by atoms with Crippen molar-refractivity contribution in [3.8, 4) is 17.2 Å². The molecule has 0 aliphatic carbocycles. The molecule has 1 aromatic rings. The summed E-state index contributed by atoms with van der Waals surface area (Å²) >= 11 is 3.49. The molecule has 1 aromatic carbocycles. The van der Waals surface area contributed by atoms with Gasteiger partial charge in [0, 0.05) is 18.7 Å². The molecule has 0 saturated heterocycles. The monoisotopic (exact) mass is 406 g/mol. The highest BCUT2D eigenvalue weighted by molar-refractivity contribution is 9.10. The standard InChI is InChI=1S/C17H27BrO6/c1-10(7-14(21-2)13(20)9-19)6-11-16(23-4)12(18)8-15(22-3)17(11)24-5/h8,10,13-14,19-20H,6-7,9H2,1-5H3/t10-,13-,14+/m1/s1. The van der Waals surface area contributed by atoms with Gasteiger partial charge in [-0.2, -0.15) is 0 Å². The molecule has 0 aromatic heterocycles. The molecule has 0 unspecified atom stereocenters. The third kappa shape index (κ3) is 4.99. The smallest absolute Gasteiger partial charge is 0.167 e. The van der Waals surface area contributed by atoms with E-state index in [0.29, 0.717) is 30.1 Å². The SMILES string of the molecule is COc1cc(Br)c(OC)c(C[C@@H](C)C[C@H](OC)[C@H](O)CO)c1OC. The summed E-state index contributed by atoms with van der Waals surface area (Å²) in [6.45, 7) is 1.71. The van der Waals surface area contributed by atoms with Crippen LogP contribution in [0.2, 0.25) is 0 Å². The Bertz CT molecular complexity index is 522. The fourth-order valence-corrected chi connectivity index (χ4v) is 3.39. The van der Waals surface area contributed by atoms with Crippen molar-refractivity contribution in [3.63, 3.8) is 0 Å². The van der Waals surface area contributed by atoms with E-state index in [1.165, 1.54) is 7.11 Å². The number of hydrogen-bond acceptors (Lipinski definition) is 6. The first kappa shape index (κ1) is 21.0. The Morgan fingerprint density at radius 3 is 2.17 bits per heavy atom. The normalized spacial score (nSPS) is 14.8. The molecule has 0 fully saturated rings. The first-order chi connectivity index (χ1) is 11.4. The summed E-state index contributed by atoms with van der Waals surface area (Å²) in [5.74, 6) is 2.08. The van der Waals surface area contributed by atoms with Gasteiger partial charge in [0.15, 0.2) is 11.5 Å². The maximum atomic E-state index is 9.81. The molecule has 3 atom stereocenters. The number of benzene rings is 1. The fraction of sp³-hybridized carbons (Fsp3) is 0.647. The highest BCUT2D eigenvalue weighted by Gasteiger charge is 2.25. The van der Waals surface area contributed by atoms with Crippen molar-refractivity contribution in [3.05, 3.63) is 16.1 Å². The second-order valence-corrected chi connectivity index (χ2v) is 6.53. The van der Waals surface area contributed by atoms with Gasteiger partial charge in [0.25, 0.3) is 0 Å². The van der Waals surface area contributed by atoms with E-state index in [-0.39, 0.29) is 12.5 Å². The Balaban J connectivity index is 3.10. The second-order valence-electron chi connectivity index (χ2n) is 5.67. The summed E-state index contributed by atoms with van der Waals surface area (Å²) in [6, 6.07) is 1.80. The van der Waals surface area contributed by atoms with Crippen molar-refractivity contribution in [1.82, 2.24) is 0 Å². The van der Waals surface area contributed by atoms with Crippen LogP contribution in [0.25, 0.3) is 0 Å². The van der Waals surface area contributed by atoms with Gasteiger partial charge in [-0.1, -0.05) is 6.92 Å². The predicted octanol–water partition coefficient (Wildman–Crippen LogP) is 2.41. The summed E-state index contributed by atoms with van der Waals surface area (Å²) in [4.78, 5) is 0. The lowest BCUT2D eigenvalue weighted by atomic mass is 9.92. The minimum absolute atomic E-state index is 0.151. The van der Waals surface area contributed by atoms with Crippen LogP contribution in [-0.4, -0.2) is 57.5 Å². The minimum Gasteiger partial charge on any atom is -0.495 e. The van der Waals surface area contributed by atoms with E-state index in [1.807, 2.05) is 6.92 Å². The molecule has 138 valence electrons. The first-order valence-corrected chi connectivity index (χ1v) is 8.51. The van der Waals surface area contributed by atoms with Crippen LogP contribution in [0.3, 0.4) is 0 Å². The number of halogens is 1. The largest absolute Gasteiger partial charge is 0.495 e. The zero-order chi connectivity index (χ0) is 18.3. The van der Waals surface area contributed by atoms with Gasteiger partial charge in [0.05, 0.1) is 38.5 Å². The van der Waals surface area contributed by atoms with Gasteiger partial charge in [0.2, 0.25) is 0 Å². The molecule has 24 heavy (non-hydrogen) atoms. The number of aliphatic hydroxyl groups is 2. The van der Waals surface area contributed by atoms with Crippen LogP contribution < -0.4 is 14.2 Å². The number of ether oxygens (including phenoxy) is 4. The lowest BCUT2D eigenvalue weighted by Gasteiger charge is -2.25. The molecule has 0 bridgehead atoms. The summed E-state index contributed by atoms with van der Waals surface area (Å²) in [6.07, 6.45) is -0.117. The third-order valence-electron chi connectivity index (χ3n) is 3.98. The maximum Gasteiger partial charge on any atom is 0.167 e. The van der Waals surface area contributed by atoms with Gasteiger partial charge in [-0.25, -0.2) is 0 Å². The molecule has 0 aliphatic heterocycles. The van der Waals surface area contributed by atoms with Gasteiger partial charge in [-0.05, 0) is 34.7 Å². The summed E-state index contributed by atoms with van der Waals surface area (Å²) in [5, 5.41) is 18.9. The molecule has 0 spiro atoms. The lowest BCUT2D eigenvalue weighted by molar-refractivity contribution is -0.0470. The molecular formula is C17H27BrO6. The quantitative estimate of drug-likeness (QED) is 0.621. The molecule has 0 heterocycles. The van der Waals surface area contributed by atoms with Gasteiger partial charge in [-0.15, -0.1) is 0 Å². The van der Waals surface area contributed by atoms with Gasteiger partial charge in [-0.3, -0.25) is 0 Å². The number of aliphatic hydroxyl groups excluding tert-OH is 2. The summed E-state index contributed by atoms with van der Waals surface area (Å²) < 4.78 is 22.5. The van der Waals surface area contributed by atoms with E-state index in [9.17, 15) is 5.11 Å². The zero-order valence-electron chi connectivity index (χ0n) is 14.8. The van der Waals surface area contributed by atoms with Crippen LogP contribution in [-0.2, 0) is 11.2 Å². The third-order valence-corrected chi connectivity index (χ3v) is 4.57. The van der Waals surface area contributed by atoms with Gasteiger partial charge < -0.3 is 29.2 Å². The molecule has 7 heteroatoms. The molecule has 0 radical (unpaired) electrons. The van der Waals surface area contributed by atoms with Crippen molar-refractivity contribution in [2.45, 2.75) is 32.0 Å². The summed E-state index contributed by atoms with van der Waals surface area (Å²) in [5.41, 5.74) is 0.882. The molecule has 0 amide bonds. The average Bonchev–Trinajstić information content (AvgIpc) is 2.58. The predicted molar refractivity (Wildman–Crippen MR) is 95.2 cm³/mol. The lowest BCUT2D eigenvalue weighted by Crippen LogP contribution is -2.33. The summed E-state index contributed by atoms with van der Waals surface area (Å²) in [7, 11) is 6.31. The van der Waals surface area contributed by atoms with E-state index in [4.69, 9.17) is 24.1 Å². The molecule has 6 nitrogen and oxygen atoms in total. The average molecular weight is 407 g/mol. The van der Waals surface area contributed by atoms with Crippen molar-refractivity contribution in [2.24, 2.45) is 5.92 Å². The van der Waals surface area contributed by atoms with Gasteiger partial charge in [0.1, 0.15) is 11.9 Å². The van der Waals surface area contributed by atoms with Gasteiger partial charge >= 0.3 is 0 Å². The molecule has 0 saturated carbocycles. The van der Waals surface area contributed by atoms with Crippen LogP contribution in [0, 0.1) is 5.92 Å². The Kier molecular flexibility index (Phi) is 8.83. The van der Waals surface area contributed by atoms with E-state index >= 15 is 0 Å². The van der Waals surface area contributed by atoms with Crippen LogP contribution in [0.5, 0.6) is 17.2 Å². The minimum atomic E-state index is -0.904. The van der Waals surface area contributed by atoms with Crippen molar-refractivity contribution in [2.75, 3.05) is 35.0 Å². The van der Waals surface area contributed by atoms with E-state index in [1.54, 1.807) is 27.4 Å². The Morgan fingerprint density at radius 2 is 1.71 bits per heavy atom. The van der Waals surface area contributed by atoms with Crippen molar-refractivity contribution in [1.29, 1.82) is 0 Å². The molecule has 1 rings (SSSR count). The first-order valence-electron chi connectivity index (χ1n) is 7.72. The van der Waals surface area contributed by atoms with E-state index < -0.39 is 12.2 Å². The van der Waals surface area contributed by atoms with Crippen LogP contribution in [0.15, 0.2) is 10.5 Å². The number of rotatable bonds is 10. The Morgan fingerprint density at radius 1 is 1.08 bits per heavy atom. The zero-order valence-corrected chi connectivity index (χ0v) is 16.4. The van der Waals surface area contributed by atoms with Crippen LogP contribution in [0.4, 0.5) is 0 Å². The molecule has 0 aliphatic rings. The highest BCUT2D eigenvalue weighted by atomic mass is 79.9. The Labute approximate surface area is 151 Å². The number of methoxy groups -OCH3 is 4. The number of hydrogen-bond donors (Lipinski definition) is 2. The van der Waals surface area contributed by atoms with Crippen molar-refractivity contribution >= 4 is 15.9 Å². The topological polar surface area (TPSA) is 77.4 Å². The van der Waals surface area contributed by atoms with Crippen LogP contribution in [0.1, 0.15) is 18.9 Å².